The van der Waals surface area contributed by atoms with Gasteiger partial charge < -0.3 is 64.4 Å². The van der Waals surface area contributed by atoms with Gasteiger partial charge in [0.15, 0.2) is 0 Å². The Morgan fingerprint density at radius 1 is 0.712 bits per heavy atom. The molecule has 35 heteroatoms. The second-order valence-electron chi connectivity index (χ2n) is 29.7. The molecule has 0 radical (unpaired) electrons. The van der Waals surface area contributed by atoms with E-state index in [0.717, 1.165) is 77.4 Å². The number of ether oxygens (including phenoxy) is 1. The summed E-state index contributed by atoms with van der Waals surface area (Å²) in [6.07, 6.45) is -10.8. The number of terminal acetylenes is 1. The fraction of sp³-hybridized carbons (Fsp3) is 0.632. The second kappa shape index (κ2) is 38.2. The third-order valence-corrected chi connectivity index (χ3v) is 21.3. The van der Waals surface area contributed by atoms with E-state index < -0.39 is 254 Å². The highest BCUT2D eigenvalue weighted by molar-refractivity contribution is 6.01. The fourth-order valence-corrected chi connectivity index (χ4v) is 14.7. The van der Waals surface area contributed by atoms with E-state index in [0.29, 0.717) is 23.5 Å². The van der Waals surface area contributed by atoms with E-state index in [1.807, 2.05) is 0 Å². The lowest BCUT2D eigenvalue weighted by molar-refractivity contribution is -0.167. The Balaban J connectivity index is 1.56. The zero-order valence-electron chi connectivity index (χ0n) is 65.0. The van der Waals surface area contributed by atoms with E-state index >= 15 is 37.5 Å². The topological polar surface area (TPSA) is 271 Å². The molecule has 2 N–H and O–H groups in total. The molecule has 4 aliphatic rings. The Morgan fingerprint density at radius 2 is 1.32 bits per heavy atom. The number of halogens is 10. The van der Waals surface area contributed by atoms with Crippen molar-refractivity contribution < 1.29 is 106 Å². The third-order valence-electron chi connectivity index (χ3n) is 21.3. The number of amides is 12. The van der Waals surface area contributed by atoms with Gasteiger partial charge in [0.05, 0.1) is 38.1 Å². The van der Waals surface area contributed by atoms with Gasteiger partial charge in [0.1, 0.15) is 77.6 Å². The van der Waals surface area contributed by atoms with Gasteiger partial charge in [-0.3, -0.25) is 57.5 Å². The van der Waals surface area contributed by atoms with Crippen LogP contribution in [0.25, 0.3) is 0 Å². The van der Waals surface area contributed by atoms with E-state index in [1.165, 1.54) is 61.2 Å². The quantitative estimate of drug-likeness (QED) is 0.115. The van der Waals surface area contributed by atoms with Gasteiger partial charge in [-0.25, -0.2) is 17.6 Å². The van der Waals surface area contributed by atoms with Gasteiger partial charge in [-0.05, 0) is 93.9 Å². The Hall–Kier alpha value is -9.36. The van der Waals surface area contributed by atoms with Crippen molar-refractivity contribution in [2.24, 2.45) is 11.8 Å². The monoisotopic (exact) mass is 1580 g/mol. The van der Waals surface area contributed by atoms with Gasteiger partial charge >= 0.3 is 12.4 Å². The van der Waals surface area contributed by atoms with E-state index in [1.54, 1.807) is 39.8 Å². The maximum atomic E-state index is 15.7. The van der Waals surface area contributed by atoms with Crippen LogP contribution in [0.3, 0.4) is 0 Å². The molecule has 1 spiro atoms. The summed E-state index contributed by atoms with van der Waals surface area (Å²) in [6.45, 7) is 6.24. The van der Waals surface area contributed by atoms with Gasteiger partial charge in [-0.15, -0.1) is 6.42 Å². The van der Waals surface area contributed by atoms with Crippen LogP contribution in [0, 0.1) is 35.8 Å². The van der Waals surface area contributed by atoms with Crippen LogP contribution in [-0.4, -0.2) is 281 Å². The SMILES string of the molecule is C#CCN1CC(=O)N(C)[C@H]2C/C=C\CCN(C2=O)[C@@H](Cc2ccc(C(F)F)cc2)C(=O)N(C)CC(=O)N[C@H](CCc2cc(F)c(C(F)(F)F)c(F)c2)C(=O)N2C[C@H](OC(C)C)C[C@H]2C(=O)N(C)C2(CCC2)C(=O)N(C)[C@@H](C(CC)CC)C(=O)N(C)[C@H](C(=O)N(C)C)CC(=O)N(C)[C@@H](CC(F)(F)F)C(=O)N[C@@H](C(C)C)C1=O. The number of nitrogens with one attached hydrogen (secondary N) is 2. The van der Waals surface area contributed by atoms with Gasteiger partial charge in [-0.1, -0.05) is 82.9 Å². The van der Waals surface area contributed by atoms with E-state index in [4.69, 9.17) is 11.2 Å². The number of alkyl halides is 8. The smallest absolute Gasteiger partial charge is 0.374 e. The molecule has 2 aromatic rings. The Kier molecular flexibility index (Phi) is 31.2. The molecule has 1 aliphatic carbocycles. The van der Waals surface area contributed by atoms with Crippen LogP contribution in [0.2, 0.25) is 0 Å². The van der Waals surface area contributed by atoms with Gasteiger partial charge in [0.25, 0.3) is 6.43 Å². The minimum Gasteiger partial charge on any atom is -0.374 e. The Bertz CT molecular complexity index is 3780. The zero-order valence-corrected chi connectivity index (χ0v) is 65.0. The van der Waals surface area contributed by atoms with Crippen molar-refractivity contribution in [3.8, 4) is 12.3 Å². The largest absolute Gasteiger partial charge is 0.422 e. The predicted molar refractivity (Wildman–Crippen MR) is 384 cm³/mol. The Morgan fingerprint density at radius 3 is 1.85 bits per heavy atom. The highest BCUT2D eigenvalue weighted by Crippen LogP contribution is 2.42. The molecular formula is C76H102F10N12O13. The van der Waals surface area contributed by atoms with E-state index in [2.05, 4.69) is 16.6 Å². The molecule has 614 valence electrons. The number of aryl methyl sites for hydroxylation is 1. The molecule has 0 aromatic heterocycles. The highest BCUT2D eigenvalue weighted by Gasteiger charge is 2.56. The van der Waals surface area contributed by atoms with Crippen molar-refractivity contribution in [1.82, 2.24) is 59.6 Å². The minimum atomic E-state index is -5.48. The Labute approximate surface area is 640 Å². The van der Waals surface area contributed by atoms with Crippen molar-refractivity contribution in [3.63, 3.8) is 0 Å². The van der Waals surface area contributed by atoms with Gasteiger partial charge in [0, 0.05) is 87.9 Å². The molecule has 6 rings (SSSR count). The van der Waals surface area contributed by atoms with Crippen LogP contribution in [0.5, 0.6) is 0 Å². The van der Waals surface area contributed by atoms with Crippen molar-refractivity contribution in [2.45, 2.75) is 210 Å². The van der Waals surface area contributed by atoms with E-state index in [-0.39, 0.29) is 57.1 Å². The molecule has 3 fully saturated rings. The highest BCUT2D eigenvalue weighted by atomic mass is 19.4. The number of hydrogen-bond donors (Lipinski definition) is 2. The predicted octanol–water partition coefficient (Wildman–Crippen LogP) is 6.15. The summed E-state index contributed by atoms with van der Waals surface area (Å²) in [5, 5.41) is 4.85. The fourth-order valence-electron chi connectivity index (χ4n) is 14.7. The molecule has 3 aliphatic heterocycles. The number of rotatable bonds is 15. The zero-order chi connectivity index (χ0) is 83.4. The number of likely N-dealkylation sites (N-methyl/N-ethyl adjacent to an activating group) is 7. The van der Waals surface area contributed by atoms with Crippen LogP contribution < -0.4 is 10.6 Å². The summed E-state index contributed by atoms with van der Waals surface area (Å²) in [4.78, 5) is 190. The molecule has 1 saturated carbocycles. The molecule has 12 amide bonds. The lowest BCUT2D eigenvalue weighted by Crippen LogP contribution is -2.68. The minimum absolute atomic E-state index is 0.0353. The van der Waals surface area contributed by atoms with Crippen molar-refractivity contribution in [1.29, 1.82) is 0 Å². The van der Waals surface area contributed by atoms with Crippen molar-refractivity contribution in [2.75, 3.05) is 89.1 Å². The molecule has 9 atom stereocenters. The normalized spacial score (nSPS) is 24.7. The third kappa shape index (κ3) is 21.9. The van der Waals surface area contributed by atoms with Gasteiger partial charge in [0.2, 0.25) is 70.9 Å². The molecule has 111 heavy (non-hydrogen) atoms. The first-order chi connectivity index (χ1) is 51.8. The van der Waals surface area contributed by atoms with Crippen LogP contribution in [0.4, 0.5) is 43.9 Å². The number of benzene rings is 2. The van der Waals surface area contributed by atoms with Crippen LogP contribution in [-0.2, 0) is 81.3 Å². The maximum absolute atomic E-state index is 15.7. The van der Waals surface area contributed by atoms with Gasteiger partial charge in [-0.2, -0.15) is 26.3 Å². The average Bonchev–Trinajstić information content (AvgIpc) is 1.71. The first kappa shape index (κ1) is 90.5. The lowest BCUT2D eigenvalue weighted by atomic mass is 9.73. The molecule has 2 bridgehead atoms. The first-order valence-corrected chi connectivity index (χ1v) is 36.8. The molecule has 2 saturated heterocycles. The summed E-state index contributed by atoms with van der Waals surface area (Å²) >= 11 is 0. The second-order valence-corrected chi connectivity index (χ2v) is 29.7. The number of carbonyl (C=O) groups excluding carboxylic acids is 12. The molecule has 0 unspecified atom stereocenters. The molecular weight excluding hydrogens is 1480 g/mol. The van der Waals surface area contributed by atoms with E-state index in [9.17, 15) is 63.9 Å². The number of hydrogen-bond acceptors (Lipinski definition) is 13. The summed E-state index contributed by atoms with van der Waals surface area (Å²) in [7, 11) is 9.41. The molecule has 3 heterocycles. The van der Waals surface area contributed by atoms with Crippen LogP contribution in [0.1, 0.15) is 141 Å². The summed E-state index contributed by atoms with van der Waals surface area (Å²) in [6, 6.07) is -8.79. The van der Waals surface area contributed by atoms with Crippen molar-refractivity contribution >= 4 is 70.9 Å². The number of nitrogens with zero attached hydrogens (tertiary/aromatic N) is 10. The number of fused-ring (bicyclic) bond motifs is 3. The first-order valence-electron chi connectivity index (χ1n) is 36.8. The molecule has 2 aromatic carbocycles. The standard InChI is InChI=1S/C76H102F10N12O13/c1-16-32-96-42-60(101)91(11)53-23-20-19-21-33-97(70(53)107)55(36-45-24-27-48(28-25-45)64(79)80)68(105)90(10)41-58(99)87-52(29-26-46-34-50(77)61(51(78)35-46)76(84,85)86)66(103)98-40-49(111-44(6)7)37-56(98)69(106)95(15)74(30-22-31-74)73(110)94(14)63(47(17-2)18-3)72(109)93(13)54(67(104)89(8)9)38-59(100)92(12)57(39-75(81,82)83)65(102)88-62(43(4)5)71(96)108/h1,19-20,24-25,27-28,34-35,43-44,47,49,52-57,62-64H,17-18,21-23,26,29-33,36-42H2,2-15H3,(H,87,99)(H,88,102)/b20-19-/t49-,52-,53+,54+,55+,56+,57+,62+,63+/m1/s1. The summed E-state index contributed by atoms with van der Waals surface area (Å²) < 4.78 is 151. The average molecular weight is 1580 g/mol. The molecule has 25 nitrogen and oxygen atoms in total. The lowest BCUT2D eigenvalue weighted by Gasteiger charge is -2.51. The van der Waals surface area contributed by atoms with Crippen LogP contribution >= 0.6 is 0 Å². The van der Waals surface area contributed by atoms with Crippen LogP contribution in [0.15, 0.2) is 48.6 Å². The number of carbonyl (C=O) groups is 12. The summed E-state index contributed by atoms with van der Waals surface area (Å²) in [5.41, 5.74) is -4.64. The van der Waals surface area contributed by atoms with Crippen molar-refractivity contribution in [3.05, 3.63) is 82.4 Å². The maximum Gasteiger partial charge on any atom is 0.422 e. The summed E-state index contributed by atoms with van der Waals surface area (Å²) in [5.74, 6) is -16.1.